The fraction of sp³-hybridized carbons (Fsp3) is 0.750. The topological polar surface area (TPSA) is 57.7 Å². The maximum Gasteiger partial charge on any atom is 0.312 e. The fourth-order valence-electron chi connectivity index (χ4n) is 2.61. The van der Waals surface area contributed by atoms with Gasteiger partial charge in [-0.15, -0.1) is 0 Å². The number of Topliss-reactive ketones (excluding diaryl/α,β-unsaturated/α-hetero) is 1. The van der Waals surface area contributed by atoms with Crippen molar-refractivity contribution in [2.75, 3.05) is 19.6 Å². The number of rotatable bonds is 2. The Kier molecular flexibility index (Phi) is 3.45. The Morgan fingerprint density at radius 1 is 1.18 bits per heavy atom. The van der Waals surface area contributed by atoms with E-state index in [-0.39, 0.29) is 11.8 Å². The average Bonchev–Trinajstić information content (AvgIpc) is 2.32. The molecule has 2 rings (SSSR count). The molecule has 1 atom stereocenters. The van der Waals surface area contributed by atoms with Crippen molar-refractivity contribution in [1.29, 1.82) is 0 Å². The number of hydrogen-bond donors (Lipinski definition) is 0. The lowest BCUT2D eigenvalue weighted by molar-refractivity contribution is -0.158. The number of hydrogen-bond acceptors (Lipinski definition) is 3. The van der Waals surface area contributed by atoms with Crippen LogP contribution >= 0.6 is 0 Å². The van der Waals surface area contributed by atoms with Crippen LogP contribution in [-0.4, -0.2) is 53.1 Å². The van der Waals surface area contributed by atoms with Gasteiger partial charge >= 0.3 is 11.8 Å². The lowest BCUT2D eigenvalue weighted by Gasteiger charge is -2.39. The van der Waals surface area contributed by atoms with Gasteiger partial charge in [-0.2, -0.15) is 0 Å². The first-order chi connectivity index (χ1) is 8.13. The summed E-state index contributed by atoms with van der Waals surface area (Å²) >= 11 is 0. The van der Waals surface area contributed by atoms with E-state index in [2.05, 4.69) is 0 Å². The minimum atomic E-state index is -0.433. The van der Waals surface area contributed by atoms with Crippen LogP contribution in [0.3, 0.4) is 0 Å². The largest absolute Gasteiger partial charge is 0.333 e. The molecule has 0 bridgehead atoms. The standard InChI is InChI=1S/C12H18N2O3/c1-2-13-6-7-14(12(17)11(13)16)9-4-3-5-10(15)8-9/h9H,2-8H2,1H3. The lowest BCUT2D eigenvalue weighted by Crippen LogP contribution is -2.57. The molecular weight excluding hydrogens is 220 g/mol. The predicted molar refractivity (Wildman–Crippen MR) is 61.2 cm³/mol. The zero-order chi connectivity index (χ0) is 12.4. The summed E-state index contributed by atoms with van der Waals surface area (Å²) in [7, 11) is 0. The van der Waals surface area contributed by atoms with Crippen molar-refractivity contribution in [3.63, 3.8) is 0 Å². The van der Waals surface area contributed by atoms with Gasteiger partial charge in [0, 0.05) is 38.5 Å². The quantitative estimate of drug-likeness (QED) is 0.645. The van der Waals surface area contributed by atoms with E-state index < -0.39 is 11.8 Å². The highest BCUT2D eigenvalue weighted by Gasteiger charge is 2.37. The van der Waals surface area contributed by atoms with Crippen LogP contribution in [0.5, 0.6) is 0 Å². The molecule has 0 N–H and O–H groups in total. The number of piperazine rings is 1. The van der Waals surface area contributed by atoms with E-state index in [0.717, 1.165) is 12.8 Å². The lowest BCUT2D eigenvalue weighted by atomic mass is 9.92. The SMILES string of the molecule is CCN1CCN(C2CCCC(=O)C2)C(=O)C1=O. The minimum absolute atomic E-state index is 0.0493. The first-order valence-electron chi connectivity index (χ1n) is 6.25. The Morgan fingerprint density at radius 3 is 2.59 bits per heavy atom. The Labute approximate surface area is 101 Å². The van der Waals surface area contributed by atoms with Gasteiger partial charge in [0.2, 0.25) is 0 Å². The molecule has 1 heterocycles. The Hall–Kier alpha value is -1.39. The number of nitrogens with zero attached hydrogens (tertiary/aromatic N) is 2. The highest BCUT2D eigenvalue weighted by atomic mass is 16.2. The van der Waals surface area contributed by atoms with Gasteiger partial charge in [0.25, 0.3) is 0 Å². The molecule has 0 aromatic heterocycles. The highest BCUT2D eigenvalue weighted by Crippen LogP contribution is 2.22. The molecule has 1 aliphatic heterocycles. The normalized spacial score (nSPS) is 26.6. The van der Waals surface area contributed by atoms with E-state index in [0.29, 0.717) is 32.5 Å². The molecule has 5 heteroatoms. The molecular formula is C12H18N2O3. The Bertz CT molecular complexity index is 354. The van der Waals surface area contributed by atoms with Crippen molar-refractivity contribution in [3.8, 4) is 0 Å². The van der Waals surface area contributed by atoms with Gasteiger partial charge < -0.3 is 9.80 Å². The van der Waals surface area contributed by atoms with Gasteiger partial charge in [0.15, 0.2) is 0 Å². The van der Waals surface area contributed by atoms with Gasteiger partial charge in [-0.05, 0) is 19.8 Å². The molecule has 0 aromatic rings. The molecule has 2 amide bonds. The first kappa shape index (κ1) is 12.1. The molecule has 0 radical (unpaired) electrons. The molecule has 2 aliphatic rings. The average molecular weight is 238 g/mol. The summed E-state index contributed by atoms with van der Waals surface area (Å²) in [4.78, 5) is 38.2. The summed E-state index contributed by atoms with van der Waals surface area (Å²) in [5, 5.41) is 0. The summed E-state index contributed by atoms with van der Waals surface area (Å²) < 4.78 is 0. The van der Waals surface area contributed by atoms with Crippen molar-refractivity contribution in [3.05, 3.63) is 0 Å². The van der Waals surface area contributed by atoms with E-state index in [9.17, 15) is 14.4 Å². The number of ketones is 1. The Balaban J connectivity index is 2.05. The summed E-state index contributed by atoms with van der Waals surface area (Å²) in [5.74, 6) is -0.644. The number of amides is 2. The van der Waals surface area contributed by atoms with E-state index in [1.54, 1.807) is 9.80 Å². The third kappa shape index (κ3) is 2.33. The van der Waals surface area contributed by atoms with Crippen LogP contribution in [0.4, 0.5) is 0 Å². The number of carbonyl (C=O) groups is 3. The molecule has 0 aromatic carbocycles. The summed E-state index contributed by atoms with van der Waals surface area (Å²) in [6, 6.07) is -0.0493. The molecule has 1 aliphatic carbocycles. The van der Waals surface area contributed by atoms with Crippen LogP contribution < -0.4 is 0 Å². The predicted octanol–water partition coefficient (Wildman–Crippen LogP) is 0.189. The maximum atomic E-state index is 11.9. The van der Waals surface area contributed by atoms with Gasteiger partial charge in [-0.25, -0.2) is 0 Å². The molecule has 0 spiro atoms. The van der Waals surface area contributed by atoms with Gasteiger partial charge in [-0.3, -0.25) is 14.4 Å². The van der Waals surface area contributed by atoms with Gasteiger partial charge in [0.05, 0.1) is 0 Å². The van der Waals surface area contributed by atoms with E-state index in [1.165, 1.54) is 0 Å². The second-order valence-electron chi connectivity index (χ2n) is 4.67. The monoisotopic (exact) mass is 238 g/mol. The van der Waals surface area contributed by atoms with Crippen LogP contribution in [0.2, 0.25) is 0 Å². The molecule has 5 nitrogen and oxygen atoms in total. The molecule has 1 saturated carbocycles. The number of likely N-dealkylation sites (N-methyl/N-ethyl adjacent to an activating group) is 1. The molecule has 94 valence electrons. The van der Waals surface area contributed by atoms with Crippen molar-refractivity contribution in [2.24, 2.45) is 0 Å². The summed E-state index contributed by atoms with van der Waals surface area (Å²) in [6.07, 6.45) is 2.72. The van der Waals surface area contributed by atoms with Crippen LogP contribution in [0.1, 0.15) is 32.6 Å². The summed E-state index contributed by atoms with van der Waals surface area (Å²) in [5.41, 5.74) is 0. The van der Waals surface area contributed by atoms with Crippen LogP contribution in [0.25, 0.3) is 0 Å². The van der Waals surface area contributed by atoms with E-state index >= 15 is 0 Å². The molecule has 17 heavy (non-hydrogen) atoms. The zero-order valence-electron chi connectivity index (χ0n) is 10.1. The fourth-order valence-corrected chi connectivity index (χ4v) is 2.61. The maximum absolute atomic E-state index is 11.9. The summed E-state index contributed by atoms with van der Waals surface area (Å²) in [6.45, 7) is 3.59. The molecule has 1 unspecified atom stereocenters. The third-order valence-electron chi connectivity index (χ3n) is 3.62. The first-order valence-corrected chi connectivity index (χ1v) is 6.25. The second kappa shape index (κ2) is 4.85. The van der Waals surface area contributed by atoms with Gasteiger partial charge in [0.1, 0.15) is 5.78 Å². The van der Waals surface area contributed by atoms with Gasteiger partial charge in [-0.1, -0.05) is 0 Å². The van der Waals surface area contributed by atoms with Crippen LogP contribution in [-0.2, 0) is 14.4 Å². The van der Waals surface area contributed by atoms with E-state index in [1.807, 2.05) is 6.92 Å². The van der Waals surface area contributed by atoms with Crippen LogP contribution in [0, 0.1) is 0 Å². The minimum Gasteiger partial charge on any atom is -0.333 e. The molecule has 1 saturated heterocycles. The van der Waals surface area contributed by atoms with E-state index in [4.69, 9.17) is 0 Å². The van der Waals surface area contributed by atoms with Crippen molar-refractivity contribution in [2.45, 2.75) is 38.6 Å². The Morgan fingerprint density at radius 2 is 1.94 bits per heavy atom. The molecule has 2 fully saturated rings. The van der Waals surface area contributed by atoms with Crippen LogP contribution in [0.15, 0.2) is 0 Å². The smallest absolute Gasteiger partial charge is 0.312 e. The van der Waals surface area contributed by atoms with Crippen molar-refractivity contribution < 1.29 is 14.4 Å². The highest BCUT2D eigenvalue weighted by molar-refractivity contribution is 6.35. The van der Waals surface area contributed by atoms with Crippen molar-refractivity contribution in [1.82, 2.24) is 9.80 Å². The zero-order valence-corrected chi connectivity index (χ0v) is 10.1. The second-order valence-corrected chi connectivity index (χ2v) is 4.67. The number of carbonyl (C=O) groups excluding carboxylic acids is 3. The van der Waals surface area contributed by atoms with Crippen molar-refractivity contribution >= 4 is 17.6 Å². The third-order valence-corrected chi connectivity index (χ3v) is 3.62.